The molecule has 3 rings (SSSR count). The molecule has 0 aromatic heterocycles. The largest absolute Gasteiger partial charge is 0.497 e. The van der Waals surface area contributed by atoms with Gasteiger partial charge in [0, 0.05) is 24.6 Å². The van der Waals surface area contributed by atoms with Crippen LogP contribution in [-0.4, -0.2) is 50.6 Å². The van der Waals surface area contributed by atoms with E-state index in [4.69, 9.17) is 19.9 Å². The molecular weight excluding hydrogens is 360 g/mol. The number of hydrogen-bond donors (Lipinski definition) is 1. The monoisotopic (exact) mass is 384 g/mol. The molecule has 1 unspecified atom stereocenters. The molecule has 1 atom stereocenters. The first-order valence-corrected chi connectivity index (χ1v) is 9.04. The van der Waals surface area contributed by atoms with Gasteiger partial charge in [0.1, 0.15) is 5.75 Å². The number of hydrogen-bond acceptors (Lipinski definition) is 5. The van der Waals surface area contributed by atoms with E-state index in [0.717, 1.165) is 12.2 Å². The fourth-order valence-corrected chi connectivity index (χ4v) is 3.34. The minimum atomic E-state index is -0.580. The van der Waals surface area contributed by atoms with Crippen LogP contribution in [-0.2, 0) is 4.79 Å². The van der Waals surface area contributed by atoms with E-state index in [2.05, 4.69) is 0 Å². The smallest absolute Gasteiger partial charge is 0.255 e. The van der Waals surface area contributed by atoms with Gasteiger partial charge in [0.2, 0.25) is 0 Å². The van der Waals surface area contributed by atoms with Crippen LogP contribution in [0.15, 0.2) is 42.5 Å². The van der Waals surface area contributed by atoms with Crippen LogP contribution in [0.2, 0.25) is 0 Å². The molecule has 1 aliphatic heterocycles. The summed E-state index contributed by atoms with van der Waals surface area (Å²) in [5.74, 6) is 1.24. The summed E-state index contributed by atoms with van der Waals surface area (Å²) in [4.78, 5) is 25.6. The summed E-state index contributed by atoms with van der Waals surface area (Å²) in [5, 5.41) is 0. The van der Waals surface area contributed by atoms with Crippen LogP contribution in [0.5, 0.6) is 17.2 Å². The summed E-state index contributed by atoms with van der Waals surface area (Å²) < 4.78 is 15.8. The molecule has 0 saturated carbocycles. The SMILES string of the molecule is COc1ccc(C2CCN(C(=O)c3ccc(OCC(N)=O)c(OC)c3)C2)cc1. The summed E-state index contributed by atoms with van der Waals surface area (Å²) in [6.07, 6.45) is 0.912. The Kier molecular flexibility index (Phi) is 6.03. The van der Waals surface area contributed by atoms with E-state index >= 15 is 0 Å². The van der Waals surface area contributed by atoms with Gasteiger partial charge in [-0.3, -0.25) is 9.59 Å². The molecule has 2 aromatic carbocycles. The number of likely N-dealkylation sites (tertiary alicyclic amines) is 1. The molecule has 0 aliphatic carbocycles. The lowest BCUT2D eigenvalue weighted by atomic mass is 9.98. The van der Waals surface area contributed by atoms with Crippen LogP contribution in [0.3, 0.4) is 0 Å². The number of carbonyl (C=O) groups excluding carboxylic acids is 2. The van der Waals surface area contributed by atoms with E-state index in [-0.39, 0.29) is 12.5 Å². The second kappa shape index (κ2) is 8.65. The van der Waals surface area contributed by atoms with Crippen LogP contribution in [0.4, 0.5) is 0 Å². The van der Waals surface area contributed by atoms with E-state index in [0.29, 0.717) is 36.1 Å². The molecule has 28 heavy (non-hydrogen) atoms. The number of benzene rings is 2. The highest BCUT2D eigenvalue weighted by atomic mass is 16.5. The third kappa shape index (κ3) is 4.36. The predicted octanol–water partition coefficient (Wildman–Crippen LogP) is 2.20. The van der Waals surface area contributed by atoms with Crippen molar-refractivity contribution in [3.05, 3.63) is 53.6 Å². The number of nitrogens with two attached hydrogens (primary N) is 1. The second-order valence-electron chi connectivity index (χ2n) is 6.63. The van der Waals surface area contributed by atoms with Gasteiger partial charge in [-0.05, 0) is 42.3 Å². The summed E-state index contributed by atoms with van der Waals surface area (Å²) in [5.41, 5.74) is 6.81. The molecule has 1 aliphatic rings. The summed E-state index contributed by atoms with van der Waals surface area (Å²) in [6.45, 7) is 1.10. The van der Waals surface area contributed by atoms with Crippen molar-refractivity contribution in [3.63, 3.8) is 0 Å². The third-order valence-electron chi connectivity index (χ3n) is 4.84. The number of nitrogens with zero attached hydrogens (tertiary/aromatic N) is 1. The Morgan fingerprint density at radius 1 is 1.07 bits per heavy atom. The lowest BCUT2D eigenvalue weighted by Crippen LogP contribution is -2.28. The van der Waals surface area contributed by atoms with Crippen molar-refractivity contribution in [2.45, 2.75) is 12.3 Å². The maximum Gasteiger partial charge on any atom is 0.255 e. The van der Waals surface area contributed by atoms with Crippen molar-refractivity contribution < 1.29 is 23.8 Å². The molecule has 7 nitrogen and oxygen atoms in total. The van der Waals surface area contributed by atoms with Crippen molar-refractivity contribution in [2.24, 2.45) is 5.73 Å². The van der Waals surface area contributed by atoms with Gasteiger partial charge in [-0.15, -0.1) is 0 Å². The first kappa shape index (κ1) is 19.5. The van der Waals surface area contributed by atoms with Crippen LogP contribution in [0, 0.1) is 0 Å². The molecule has 0 bridgehead atoms. The normalized spacial score (nSPS) is 15.9. The lowest BCUT2D eigenvalue weighted by Gasteiger charge is -2.18. The Hall–Kier alpha value is -3.22. The van der Waals surface area contributed by atoms with Gasteiger partial charge in [-0.1, -0.05) is 12.1 Å². The zero-order valence-electron chi connectivity index (χ0n) is 16.0. The van der Waals surface area contributed by atoms with Gasteiger partial charge in [-0.25, -0.2) is 0 Å². The fourth-order valence-electron chi connectivity index (χ4n) is 3.34. The molecule has 1 fully saturated rings. The molecule has 7 heteroatoms. The van der Waals surface area contributed by atoms with Crippen molar-refractivity contribution in [1.29, 1.82) is 0 Å². The minimum absolute atomic E-state index is 0.0595. The van der Waals surface area contributed by atoms with Crippen LogP contribution >= 0.6 is 0 Å². The van der Waals surface area contributed by atoms with E-state index in [9.17, 15) is 9.59 Å². The van der Waals surface area contributed by atoms with Gasteiger partial charge >= 0.3 is 0 Å². The van der Waals surface area contributed by atoms with E-state index in [1.54, 1.807) is 25.3 Å². The molecule has 148 valence electrons. The van der Waals surface area contributed by atoms with Crippen LogP contribution in [0.25, 0.3) is 0 Å². The van der Waals surface area contributed by atoms with Crippen molar-refractivity contribution in [1.82, 2.24) is 4.90 Å². The maximum absolute atomic E-state index is 12.9. The Bertz CT molecular complexity index is 850. The highest BCUT2D eigenvalue weighted by molar-refractivity contribution is 5.95. The average Bonchev–Trinajstić information content (AvgIpc) is 3.21. The molecule has 0 spiro atoms. The molecule has 1 saturated heterocycles. The van der Waals surface area contributed by atoms with Gasteiger partial charge in [0.15, 0.2) is 18.1 Å². The number of rotatable bonds is 7. The molecule has 2 amide bonds. The van der Waals surface area contributed by atoms with Crippen LogP contribution < -0.4 is 19.9 Å². The van der Waals surface area contributed by atoms with Crippen molar-refractivity contribution >= 4 is 11.8 Å². The Balaban J connectivity index is 1.69. The third-order valence-corrected chi connectivity index (χ3v) is 4.84. The Labute approximate surface area is 164 Å². The minimum Gasteiger partial charge on any atom is -0.497 e. The average molecular weight is 384 g/mol. The van der Waals surface area contributed by atoms with E-state index < -0.39 is 5.91 Å². The fraction of sp³-hybridized carbons (Fsp3) is 0.333. The van der Waals surface area contributed by atoms with Crippen LogP contribution in [0.1, 0.15) is 28.3 Å². The molecule has 2 N–H and O–H groups in total. The zero-order chi connectivity index (χ0) is 20.1. The molecule has 1 heterocycles. The number of carbonyl (C=O) groups is 2. The van der Waals surface area contributed by atoms with E-state index in [1.165, 1.54) is 12.7 Å². The molecule has 0 radical (unpaired) electrons. The number of amides is 2. The van der Waals surface area contributed by atoms with Gasteiger partial charge in [-0.2, -0.15) is 0 Å². The summed E-state index contributed by atoms with van der Waals surface area (Å²) in [7, 11) is 3.12. The second-order valence-corrected chi connectivity index (χ2v) is 6.63. The number of primary amides is 1. The number of ether oxygens (including phenoxy) is 3. The molecular formula is C21H24N2O5. The first-order valence-electron chi connectivity index (χ1n) is 9.04. The highest BCUT2D eigenvalue weighted by Gasteiger charge is 2.28. The van der Waals surface area contributed by atoms with Gasteiger partial charge in [0.05, 0.1) is 14.2 Å². The lowest BCUT2D eigenvalue weighted by molar-refractivity contribution is -0.119. The highest BCUT2D eigenvalue weighted by Crippen LogP contribution is 2.32. The Morgan fingerprint density at radius 3 is 2.46 bits per heavy atom. The van der Waals surface area contributed by atoms with E-state index in [1.807, 2.05) is 29.2 Å². The summed E-state index contributed by atoms with van der Waals surface area (Å²) in [6, 6.07) is 12.9. The first-order chi connectivity index (χ1) is 13.5. The van der Waals surface area contributed by atoms with Crippen molar-refractivity contribution in [2.75, 3.05) is 33.9 Å². The summed E-state index contributed by atoms with van der Waals surface area (Å²) >= 11 is 0. The van der Waals surface area contributed by atoms with Gasteiger partial charge < -0.3 is 24.8 Å². The van der Waals surface area contributed by atoms with Gasteiger partial charge in [0.25, 0.3) is 11.8 Å². The maximum atomic E-state index is 12.9. The standard InChI is InChI=1S/C21H24N2O5/c1-26-17-6-3-14(4-7-17)16-9-10-23(12-16)21(25)15-5-8-18(19(11-15)27-2)28-13-20(22)24/h3-8,11,16H,9-10,12-13H2,1-2H3,(H2,22,24). The number of methoxy groups -OCH3 is 2. The quantitative estimate of drug-likeness (QED) is 0.790. The Morgan fingerprint density at radius 2 is 1.82 bits per heavy atom. The van der Waals surface area contributed by atoms with Crippen molar-refractivity contribution in [3.8, 4) is 17.2 Å². The topological polar surface area (TPSA) is 91.1 Å². The zero-order valence-corrected chi connectivity index (χ0v) is 16.0. The molecule has 2 aromatic rings. The predicted molar refractivity (Wildman–Crippen MR) is 104 cm³/mol.